The number of hydrogen-bond donors (Lipinski definition) is 0. The molecule has 0 aliphatic rings. The topological polar surface area (TPSA) is 53.4 Å². The van der Waals surface area contributed by atoms with Crippen molar-refractivity contribution in [3.05, 3.63) is 94.5 Å². The molecule has 28 heavy (non-hydrogen) atoms. The third-order valence-electron chi connectivity index (χ3n) is 4.56. The Morgan fingerprint density at radius 2 is 1.79 bits per heavy atom. The van der Waals surface area contributed by atoms with Crippen LogP contribution in [0.2, 0.25) is 0 Å². The van der Waals surface area contributed by atoms with Crippen LogP contribution < -0.4 is 15.0 Å². The van der Waals surface area contributed by atoms with Crippen LogP contribution in [0.3, 0.4) is 0 Å². The number of rotatable bonds is 5. The Balaban J connectivity index is 1.74. The summed E-state index contributed by atoms with van der Waals surface area (Å²) in [4.78, 5) is 17.5. The predicted octanol–water partition coefficient (Wildman–Crippen LogP) is 4.28. The quantitative estimate of drug-likeness (QED) is 0.525. The molecule has 140 valence electrons. The number of nitrogens with zero attached hydrogens (tertiary/aromatic N) is 2. The molecule has 4 rings (SSSR count). The third-order valence-corrected chi connectivity index (χ3v) is 4.56. The number of methoxy groups -OCH3 is 1. The van der Waals surface area contributed by atoms with Gasteiger partial charge in [-0.1, -0.05) is 42.5 Å². The lowest BCUT2D eigenvalue weighted by Crippen LogP contribution is -2.19. The van der Waals surface area contributed by atoms with E-state index in [1.54, 1.807) is 30.1 Å². The number of hydrogen-bond acceptors (Lipinski definition) is 4. The molecule has 0 aliphatic heterocycles. The molecule has 0 unspecified atom stereocenters. The zero-order valence-electron chi connectivity index (χ0n) is 15.8. The normalized spacial score (nSPS) is 10.8. The van der Waals surface area contributed by atoms with Gasteiger partial charge in [0.25, 0.3) is 5.56 Å². The molecular formula is C23H20N2O3. The van der Waals surface area contributed by atoms with Crippen LogP contribution in [0.25, 0.3) is 16.6 Å². The summed E-state index contributed by atoms with van der Waals surface area (Å²) in [5.74, 6) is 1.06. The highest BCUT2D eigenvalue weighted by Crippen LogP contribution is 2.31. The van der Waals surface area contributed by atoms with E-state index in [2.05, 4.69) is 4.98 Å². The summed E-state index contributed by atoms with van der Waals surface area (Å²) in [6.45, 7) is 2.39. The van der Waals surface area contributed by atoms with E-state index in [0.717, 1.165) is 16.8 Å². The first-order chi connectivity index (χ1) is 13.7. The molecule has 0 amide bonds. The molecule has 3 aromatic carbocycles. The van der Waals surface area contributed by atoms with E-state index >= 15 is 0 Å². The molecule has 0 aliphatic carbocycles. The fourth-order valence-electron chi connectivity index (χ4n) is 3.10. The lowest BCUT2D eigenvalue weighted by molar-refractivity contribution is 0.285. The SMILES string of the molecule is COc1cc2c(=O)n(-c3cccc(C)c3)cnc2cc1OCc1ccccc1. The van der Waals surface area contributed by atoms with Gasteiger partial charge in [0, 0.05) is 6.07 Å². The van der Waals surface area contributed by atoms with Crippen LogP contribution in [-0.2, 0) is 6.61 Å². The molecule has 0 atom stereocenters. The highest BCUT2D eigenvalue weighted by molar-refractivity contribution is 5.82. The van der Waals surface area contributed by atoms with Crippen LogP contribution in [0.1, 0.15) is 11.1 Å². The molecule has 0 saturated carbocycles. The number of aromatic nitrogens is 2. The molecule has 0 radical (unpaired) electrons. The van der Waals surface area contributed by atoms with Crippen molar-refractivity contribution in [3.63, 3.8) is 0 Å². The van der Waals surface area contributed by atoms with Crippen molar-refractivity contribution in [1.82, 2.24) is 9.55 Å². The standard InChI is InChI=1S/C23H20N2O3/c1-16-7-6-10-18(11-16)25-15-24-20-13-22(21(27-2)12-19(20)23(25)26)28-14-17-8-4-3-5-9-17/h3-13,15H,14H2,1-2H3. The second-order valence-corrected chi connectivity index (χ2v) is 6.55. The first-order valence-corrected chi connectivity index (χ1v) is 8.99. The van der Waals surface area contributed by atoms with Gasteiger partial charge in [-0.2, -0.15) is 0 Å². The molecule has 0 saturated heterocycles. The number of aryl methyl sites for hydroxylation is 1. The summed E-state index contributed by atoms with van der Waals surface area (Å²) in [5, 5.41) is 0.480. The summed E-state index contributed by atoms with van der Waals surface area (Å²) in [7, 11) is 1.56. The van der Waals surface area contributed by atoms with Crippen LogP contribution >= 0.6 is 0 Å². The zero-order valence-corrected chi connectivity index (χ0v) is 15.8. The monoisotopic (exact) mass is 372 g/mol. The third kappa shape index (κ3) is 3.47. The summed E-state index contributed by atoms with van der Waals surface area (Å²) in [5.41, 5.74) is 3.32. The first kappa shape index (κ1) is 17.8. The highest BCUT2D eigenvalue weighted by Gasteiger charge is 2.13. The minimum atomic E-state index is -0.150. The Hall–Kier alpha value is -3.60. The maximum atomic E-state index is 13.0. The van der Waals surface area contributed by atoms with E-state index in [0.29, 0.717) is 29.0 Å². The predicted molar refractivity (Wildman–Crippen MR) is 109 cm³/mol. The molecule has 5 nitrogen and oxygen atoms in total. The lowest BCUT2D eigenvalue weighted by Gasteiger charge is -2.13. The van der Waals surface area contributed by atoms with Crippen LogP contribution in [0, 0.1) is 6.92 Å². The molecule has 5 heteroatoms. The lowest BCUT2D eigenvalue weighted by atomic mass is 10.2. The van der Waals surface area contributed by atoms with Crippen LogP contribution in [0.4, 0.5) is 0 Å². The summed E-state index contributed by atoms with van der Waals surface area (Å²) >= 11 is 0. The van der Waals surface area contributed by atoms with Crippen LogP contribution in [0.5, 0.6) is 11.5 Å². The molecule has 0 bridgehead atoms. The van der Waals surface area contributed by atoms with Crippen LogP contribution in [-0.4, -0.2) is 16.7 Å². The van der Waals surface area contributed by atoms with Crippen LogP contribution in [0.15, 0.2) is 77.9 Å². The van der Waals surface area contributed by atoms with Gasteiger partial charge in [0.2, 0.25) is 0 Å². The van der Waals surface area contributed by atoms with Crippen molar-refractivity contribution in [3.8, 4) is 17.2 Å². The summed E-state index contributed by atoms with van der Waals surface area (Å²) < 4.78 is 12.9. The fourth-order valence-corrected chi connectivity index (χ4v) is 3.10. The number of benzene rings is 3. The van der Waals surface area contributed by atoms with E-state index < -0.39 is 0 Å². The smallest absolute Gasteiger partial charge is 0.265 e. The van der Waals surface area contributed by atoms with Crippen molar-refractivity contribution in [2.75, 3.05) is 7.11 Å². The Labute approximate surface area is 162 Å². The van der Waals surface area contributed by atoms with Crippen molar-refractivity contribution < 1.29 is 9.47 Å². The molecule has 1 aromatic heterocycles. The van der Waals surface area contributed by atoms with Gasteiger partial charge in [-0.05, 0) is 36.2 Å². The van der Waals surface area contributed by atoms with E-state index in [1.807, 2.05) is 61.5 Å². The largest absolute Gasteiger partial charge is 0.493 e. The van der Waals surface area contributed by atoms with Gasteiger partial charge in [0.15, 0.2) is 11.5 Å². The maximum Gasteiger partial charge on any atom is 0.265 e. The number of fused-ring (bicyclic) bond motifs is 1. The first-order valence-electron chi connectivity index (χ1n) is 8.99. The second kappa shape index (κ2) is 7.56. The maximum absolute atomic E-state index is 13.0. The van der Waals surface area contributed by atoms with Gasteiger partial charge in [0.05, 0.1) is 23.7 Å². The Morgan fingerprint density at radius 1 is 0.964 bits per heavy atom. The fraction of sp³-hybridized carbons (Fsp3) is 0.130. The Morgan fingerprint density at radius 3 is 2.54 bits per heavy atom. The highest BCUT2D eigenvalue weighted by atomic mass is 16.5. The summed E-state index contributed by atoms with van der Waals surface area (Å²) in [6.07, 6.45) is 1.55. The minimum Gasteiger partial charge on any atom is -0.493 e. The molecule has 0 spiro atoms. The molecular weight excluding hydrogens is 352 g/mol. The van der Waals surface area contributed by atoms with Crippen molar-refractivity contribution in [2.45, 2.75) is 13.5 Å². The van der Waals surface area contributed by atoms with E-state index in [1.165, 1.54) is 0 Å². The molecule has 0 fully saturated rings. The second-order valence-electron chi connectivity index (χ2n) is 6.55. The molecule has 1 heterocycles. The van der Waals surface area contributed by atoms with Gasteiger partial charge >= 0.3 is 0 Å². The van der Waals surface area contributed by atoms with Crippen molar-refractivity contribution in [2.24, 2.45) is 0 Å². The van der Waals surface area contributed by atoms with Gasteiger partial charge in [-0.15, -0.1) is 0 Å². The number of ether oxygens (including phenoxy) is 2. The van der Waals surface area contributed by atoms with Gasteiger partial charge < -0.3 is 9.47 Å². The molecule has 4 aromatic rings. The van der Waals surface area contributed by atoms with E-state index in [-0.39, 0.29) is 5.56 Å². The van der Waals surface area contributed by atoms with Gasteiger partial charge in [0.1, 0.15) is 12.9 Å². The van der Waals surface area contributed by atoms with Crippen molar-refractivity contribution in [1.29, 1.82) is 0 Å². The summed E-state index contributed by atoms with van der Waals surface area (Å²) in [6, 6.07) is 21.1. The average molecular weight is 372 g/mol. The molecule has 0 N–H and O–H groups in total. The minimum absolute atomic E-state index is 0.150. The zero-order chi connectivity index (χ0) is 19.5. The van der Waals surface area contributed by atoms with Gasteiger partial charge in [-0.25, -0.2) is 4.98 Å². The van der Waals surface area contributed by atoms with Gasteiger partial charge in [-0.3, -0.25) is 9.36 Å². The van der Waals surface area contributed by atoms with E-state index in [4.69, 9.17) is 9.47 Å². The Bertz CT molecular complexity index is 1180. The average Bonchev–Trinajstić information content (AvgIpc) is 2.73. The van der Waals surface area contributed by atoms with Crippen molar-refractivity contribution >= 4 is 10.9 Å². The Kier molecular flexibility index (Phi) is 4.81. The van der Waals surface area contributed by atoms with E-state index in [9.17, 15) is 4.79 Å².